The highest BCUT2D eigenvalue weighted by molar-refractivity contribution is 6.00. The highest BCUT2D eigenvalue weighted by Gasteiger charge is 2.26. The van der Waals surface area contributed by atoms with Crippen molar-refractivity contribution in [3.63, 3.8) is 0 Å². The molecule has 4 N–H and O–H groups in total. The lowest BCUT2D eigenvalue weighted by Gasteiger charge is -2.40. The van der Waals surface area contributed by atoms with E-state index in [-0.39, 0.29) is 12.4 Å². The average Bonchev–Trinajstić information content (AvgIpc) is 2.25. The van der Waals surface area contributed by atoms with Gasteiger partial charge in [0, 0.05) is 23.8 Å². The predicted molar refractivity (Wildman–Crippen MR) is 74.3 cm³/mol. The zero-order valence-electron chi connectivity index (χ0n) is 10.8. The number of aliphatic hydroxyl groups is 1. The Morgan fingerprint density at radius 1 is 1.50 bits per heavy atom. The molecule has 0 amide bonds. The van der Waals surface area contributed by atoms with Crippen molar-refractivity contribution in [2.45, 2.75) is 32.2 Å². The lowest BCUT2D eigenvalue weighted by atomic mass is 9.90. The Morgan fingerprint density at radius 2 is 2.22 bits per heavy atom. The van der Waals surface area contributed by atoms with E-state index in [0.717, 1.165) is 29.7 Å². The van der Waals surface area contributed by atoms with Crippen LogP contribution in [0.5, 0.6) is 0 Å². The number of aryl methyl sites for hydroxylation is 1. The fraction of sp³-hybridized carbons (Fsp3) is 0.500. The van der Waals surface area contributed by atoms with Gasteiger partial charge in [-0.1, -0.05) is 6.07 Å². The van der Waals surface area contributed by atoms with Gasteiger partial charge in [0.25, 0.3) is 0 Å². The summed E-state index contributed by atoms with van der Waals surface area (Å²) in [6.07, 6.45) is 3.56. The van der Waals surface area contributed by atoms with E-state index < -0.39 is 0 Å². The summed E-state index contributed by atoms with van der Waals surface area (Å²) < 4.78 is 0. The maximum absolute atomic E-state index is 9.24. The second-order valence-electron chi connectivity index (χ2n) is 4.94. The second-order valence-corrected chi connectivity index (χ2v) is 4.94. The molecule has 1 fully saturated rings. The first-order valence-corrected chi connectivity index (χ1v) is 6.46. The third-order valence-electron chi connectivity index (χ3n) is 3.61. The fourth-order valence-corrected chi connectivity index (χ4v) is 2.41. The maximum Gasteiger partial charge on any atom is 0.124 e. The van der Waals surface area contributed by atoms with Gasteiger partial charge in [0.05, 0.1) is 6.61 Å². The molecular formula is C14H21N3O. The number of aliphatic hydroxyl groups excluding tert-OH is 1. The molecule has 0 unspecified atom stereocenters. The van der Waals surface area contributed by atoms with Crippen LogP contribution in [0, 0.1) is 12.3 Å². The molecule has 0 atom stereocenters. The second kappa shape index (κ2) is 5.40. The molecule has 0 bridgehead atoms. The standard InChI is InChI=1S/C14H21N3O/c1-10-5-6-12(14(15)16)13(9-10)17(7-8-18)11-3-2-4-11/h5-6,9,11,18H,2-4,7-8H2,1H3,(H3,15,16). The number of nitrogen functional groups attached to an aromatic ring is 1. The molecule has 2 rings (SSSR count). The van der Waals surface area contributed by atoms with Crippen LogP contribution in [0.3, 0.4) is 0 Å². The van der Waals surface area contributed by atoms with Crippen molar-refractivity contribution >= 4 is 11.5 Å². The highest BCUT2D eigenvalue weighted by Crippen LogP contribution is 2.32. The minimum Gasteiger partial charge on any atom is -0.395 e. The summed E-state index contributed by atoms with van der Waals surface area (Å²) in [7, 11) is 0. The van der Waals surface area contributed by atoms with E-state index >= 15 is 0 Å². The van der Waals surface area contributed by atoms with Crippen molar-refractivity contribution < 1.29 is 5.11 Å². The zero-order chi connectivity index (χ0) is 13.1. The summed E-state index contributed by atoms with van der Waals surface area (Å²) in [5.74, 6) is 0.0901. The van der Waals surface area contributed by atoms with Crippen molar-refractivity contribution in [1.29, 1.82) is 5.41 Å². The number of nitrogens with zero attached hydrogens (tertiary/aromatic N) is 1. The number of hydrogen-bond donors (Lipinski definition) is 3. The summed E-state index contributed by atoms with van der Waals surface area (Å²) in [4.78, 5) is 2.20. The Hall–Kier alpha value is -1.55. The van der Waals surface area contributed by atoms with E-state index in [4.69, 9.17) is 11.1 Å². The molecule has 4 nitrogen and oxygen atoms in total. The molecular weight excluding hydrogens is 226 g/mol. The van der Waals surface area contributed by atoms with Crippen LogP contribution >= 0.6 is 0 Å². The molecule has 1 aliphatic rings. The van der Waals surface area contributed by atoms with E-state index in [1.54, 1.807) is 0 Å². The molecule has 0 heterocycles. The molecule has 4 heteroatoms. The molecule has 18 heavy (non-hydrogen) atoms. The van der Waals surface area contributed by atoms with Crippen molar-refractivity contribution in [3.05, 3.63) is 29.3 Å². The molecule has 0 radical (unpaired) electrons. The molecule has 0 spiro atoms. The molecule has 1 aromatic carbocycles. The van der Waals surface area contributed by atoms with Gasteiger partial charge >= 0.3 is 0 Å². The molecule has 1 aromatic rings. The van der Waals surface area contributed by atoms with Gasteiger partial charge in [-0.3, -0.25) is 5.41 Å². The van der Waals surface area contributed by atoms with Gasteiger partial charge < -0.3 is 15.7 Å². The Kier molecular flexibility index (Phi) is 3.87. The Balaban J connectivity index is 2.37. The number of nitrogens with one attached hydrogen (secondary N) is 1. The summed E-state index contributed by atoms with van der Waals surface area (Å²) in [6.45, 7) is 2.77. The molecule has 98 valence electrons. The van der Waals surface area contributed by atoms with E-state index in [2.05, 4.69) is 11.0 Å². The molecule has 1 aliphatic carbocycles. The van der Waals surface area contributed by atoms with Gasteiger partial charge in [-0.2, -0.15) is 0 Å². The van der Waals surface area contributed by atoms with Crippen LogP contribution in [0.2, 0.25) is 0 Å². The van der Waals surface area contributed by atoms with Gasteiger partial charge in [-0.25, -0.2) is 0 Å². The normalized spacial score (nSPS) is 15.2. The van der Waals surface area contributed by atoms with Crippen molar-refractivity contribution in [1.82, 2.24) is 0 Å². The van der Waals surface area contributed by atoms with Crippen LogP contribution in [-0.4, -0.2) is 30.1 Å². The minimum atomic E-state index is 0.0901. The van der Waals surface area contributed by atoms with Crippen LogP contribution < -0.4 is 10.6 Å². The summed E-state index contributed by atoms with van der Waals surface area (Å²) in [5.41, 5.74) is 8.55. The minimum absolute atomic E-state index is 0.0901. The number of nitrogens with two attached hydrogens (primary N) is 1. The van der Waals surface area contributed by atoms with Gasteiger partial charge in [-0.05, 0) is 43.9 Å². The van der Waals surface area contributed by atoms with Crippen LogP contribution in [0.15, 0.2) is 18.2 Å². The Bertz CT molecular complexity index is 441. The quantitative estimate of drug-likeness (QED) is 0.547. The molecule has 0 saturated heterocycles. The lowest BCUT2D eigenvalue weighted by Crippen LogP contribution is -2.43. The van der Waals surface area contributed by atoms with Crippen molar-refractivity contribution in [2.24, 2.45) is 5.73 Å². The monoisotopic (exact) mass is 247 g/mol. The van der Waals surface area contributed by atoms with Crippen LogP contribution in [0.25, 0.3) is 0 Å². The summed E-state index contributed by atoms with van der Waals surface area (Å²) >= 11 is 0. The first-order chi connectivity index (χ1) is 8.63. The Morgan fingerprint density at radius 3 is 2.72 bits per heavy atom. The van der Waals surface area contributed by atoms with E-state index in [9.17, 15) is 5.11 Å². The number of anilines is 1. The van der Waals surface area contributed by atoms with Gasteiger partial charge in [0.2, 0.25) is 0 Å². The topological polar surface area (TPSA) is 73.3 Å². The first kappa shape index (κ1) is 12.9. The van der Waals surface area contributed by atoms with Crippen LogP contribution in [-0.2, 0) is 0 Å². The molecule has 0 aromatic heterocycles. The van der Waals surface area contributed by atoms with E-state index in [1.807, 2.05) is 19.1 Å². The predicted octanol–water partition coefficient (Wildman–Crippen LogP) is 1.63. The fourth-order valence-electron chi connectivity index (χ4n) is 2.41. The van der Waals surface area contributed by atoms with E-state index in [1.165, 1.54) is 6.42 Å². The smallest absolute Gasteiger partial charge is 0.124 e. The van der Waals surface area contributed by atoms with Crippen LogP contribution in [0.1, 0.15) is 30.4 Å². The summed E-state index contributed by atoms with van der Waals surface area (Å²) in [6, 6.07) is 6.41. The summed E-state index contributed by atoms with van der Waals surface area (Å²) in [5, 5.41) is 16.9. The Labute approximate surface area is 108 Å². The van der Waals surface area contributed by atoms with Gasteiger partial charge in [-0.15, -0.1) is 0 Å². The highest BCUT2D eigenvalue weighted by atomic mass is 16.3. The average molecular weight is 247 g/mol. The third-order valence-corrected chi connectivity index (χ3v) is 3.61. The largest absolute Gasteiger partial charge is 0.395 e. The number of hydrogen-bond acceptors (Lipinski definition) is 3. The van der Waals surface area contributed by atoms with Crippen LogP contribution in [0.4, 0.5) is 5.69 Å². The number of rotatable bonds is 5. The van der Waals surface area contributed by atoms with Crippen molar-refractivity contribution in [2.75, 3.05) is 18.1 Å². The van der Waals surface area contributed by atoms with E-state index in [0.29, 0.717) is 12.6 Å². The first-order valence-electron chi connectivity index (χ1n) is 6.46. The van der Waals surface area contributed by atoms with Gasteiger partial charge in [0.15, 0.2) is 0 Å². The zero-order valence-corrected chi connectivity index (χ0v) is 10.8. The van der Waals surface area contributed by atoms with Crippen molar-refractivity contribution in [3.8, 4) is 0 Å². The third kappa shape index (κ3) is 2.48. The number of benzene rings is 1. The molecule has 1 saturated carbocycles. The van der Waals surface area contributed by atoms with Gasteiger partial charge in [0.1, 0.15) is 5.84 Å². The lowest BCUT2D eigenvalue weighted by molar-refractivity contribution is 0.283. The number of amidine groups is 1. The SMILES string of the molecule is Cc1ccc(C(=N)N)c(N(CCO)C2CCC2)c1. The molecule has 0 aliphatic heterocycles. The maximum atomic E-state index is 9.24.